The summed E-state index contributed by atoms with van der Waals surface area (Å²) in [5.74, 6) is -0.224. The van der Waals surface area contributed by atoms with E-state index >= 15 is 0 Å². The first-order chi connectivity index (χ1) is 12.0. The molecule has 0 spiro atoms. The predicted molar refractivity (Wildman–Crippen MR) is 90.2 cm³/mol. The van der Waals surface area contributed by atoms with Gasteiger partial charge in [0.05, 0.1) is 17.8 Å². The van der Waals surface area contributed by atoms with E-state index in [-0.39, 0.29) is 18.1 Å². The van der Waals surface area contributed by atoms with Crippen molar-refractivity contribution in [2.45, 2.75) is 20.0 Å². The van der Waals surface area contributed by atoms with E-state index in [9.17, 15) is 13.6 Å². The minimum absolute atomic E-state index is 0.0651. The molecule has 0 fully saturated rings. The van der Waals surface area contributed by atoms with Gasteiger partial charge in [-0.2, -0.15) is 13.9 Å². The number of carbonyl (C=O) groups is 1. The number of ether oxygens (including phenoxy) is 1. The second-order valence-corrected chi connectivity index (χ2v) is 6.01. The molecule has 130 valence electrons. The molecule has 0 atom stereocenters. The third-order valence-corrected chi connectivity index (χ3v) is 4.10. The fraction of sp³-hybridized carbons (Fsp3) is 0.188. The maximum atomic E-state index is 12.1. The molecule has 0 aliphatic heterocycles. The number of imidazole rings is 1. The van der Waals surface area contributed by atoms with E-state index in [0.29, 0.717) is 17.0 Å². The second kappa shape index (κ2) is 7.39. The first-order valence-electron chi connectivity index (χ1n) is 7.31. The lowest BCUT2D eigenvalue weighted by Crippen LogP contribution is -2.21. The molecule has 2 heterocycles. The minimum Gasteiger partial charge on any atom is -0.435 e. The molecule has 9 heteroatoms. The Morgan fingerprint density at radius 3 is 2.84 bits per heavy atom. The van der Waals surface area contributed by atoms with Gasteiger partial charge in [-0.05, 0) is 36.8 Å². The van der Waals surface area contributed by atoms with Crippen LogP contribution in [-0.2, 0) is 11.2 Å². The zero-order valence-corrected chi connectivity index (χ0v) is 14.0. The lowest BCUT2D eigenvalue weighted by molar-refractivity contribution is -0.120. The van der Waals surface area contributed by atoms with Crippen LogP contribution in [0.1, 0.15) is 18.2 Å². The van der Waals surface area contributed by atoms with Gasteiger partial charge in [-0.25, -0.2) is 10.4 Å². The van der Waals surface area contributed by atoms with E-state index in [1.54, 1.807) is 25.3 Å². The Morgan fingerprint density at radius 1 is 1.40 bits per heavy atom. The molecule has 1 aromatic carbocycles. The summed E-state index contributed by atoms with van der Waals surface area (Å²) in [7, 11) is 0. The molecule has 25 heavy (non-hydrogen) atoms. The highest BCUT2D eigenvalue weighted by molar-refractivity contribution is 7.15. The first kappa shape index (κ1) is 17.0. The van der Waals surface area contributed by atoms with E-state index in [4.69, 9.17) is 0 Å². The summed E-state index contributed by atoms with van der Waals surface area (Å²) in [6, 6.07) is 6.01. The number of hydrogen-bond acceptors (Lipinski definition) is 5. The van der Waals surface area contributed by atoms with Gasteiger partial charge in [0.25, 0.3) is 0 Å². The average Bonchev–Trinajstić information content (AvgIpc) is 3.14. The van der Waals surface area contributed by atoms with E-state index < -0.39 is 6.61 Å². The number of hydrogen-bond donors (Lipinski definition) is 1. The fourth-order valence-corrected chi connectivity index (χ4v) is 2.87. The molecule has 0 saturated carbocycles. The van der Waals surface area contributed by atoms with Gasteiger partial charge in [0, 0.05) is 17.8 Å². The molecule has 0 aliphatic rings. The Balaban J connectivity index is 1.58. The van der Waals surface area contributed by atoms with Crippen molar-refractivity contribution in [1.29, 1.82) is 0 Å². The molecule has 0 bridgehead atoms. The van der Waals surface area contributed by atoms with Crippen LogP contribution in [0.25, 0.3) is 4.96 Å². The highest BCUT2D eigenvalue weighted by Crippen LogP contribution is 2.15. The number of carbonyl (C=O) groups excluding carboxylic acids is 1. The minimum atomic E-state index is -2.86. The van der Waals surface area contributed by atoms with Crippen LogP contribution in [0.5, 0.6) is 5.75 Å². The Bertz CT molecular complexity index is 874. The highest BCUT2D eigenvalue weighted by Gasteiger charge is 2.08. The normalized spacial score (nSPS) is 11.9. The molecule has 2 aromatic heterocycles. The van der Waals surface area contributed by atoms with E-state index in [1.165, 1.54) is 23.5 Å². The van der Waals surface area contributed by atoms with Crippen LogP contribution >= 0.6 is 11.3 Å². The van der Waals surface area contributed by atoms with Crippen molar-refractivity contribution in [2.75, 3.05) is 0 Å². The molecule has 0 aliphatic carbocycles. The molecule has 0 saturated heterocycles. The van der Waals surface area contributed by atoms with Crippen molar-refractivity contribution >= 4 is 27.9 Å². The van der Waals surface area contributed by atoms with E-state index in [2.05, 4.69) is 20.2 Å². The van der Waals surface area contributed by atoms with Crippen LogP contribution in [0.4, 0.5) is 8.78 Å². The monoisotopic (exact) mass is 364 g/mol. The van der Waals surface area contributed by atoms with Crippen molar-refractivity contribution in [3.63, 3.8) is 0 Å². The summed E-state index contributed by atoms with van der Waals surface area (Å²) in [5, 5.41) is 5.93. The summed E-state index contributed by atoms with van der Waals surface area (Å²) in [4.78, 5) is 17.1. The van der Waals surface area contributed by atoms with E-state index in [0.717, 1.165) is 4.96 Å². The zero-order chi connectivity index (χ0) is 17.8. The quantitative estimate of drug-likeness (QED) is 0.540. The number of benzene rings is 1. The number of thiazole rings is 1. The maximum Gasteiger partial charge on any atom is 0.387 e. The number of aromatic nitrogens is 2. The average molecular weight is 364 g/mol. The van der Waals surface area contributed by atoms with Crippen molar-refractivity contribution in [1.82, 2.24) is 14.8 Å². The summed E-state index contributed by atoms with van der Waals surface area (Å²) in [6.45, 7) is -1.16. The second-order valence-electron chi connectivity index (χ2n) is 5.14. The van der Waals surface area contributed by atoms with Gasteiger partial charge in [-0.15, -0.1) is 11.3 Å². The van der Waals surface area contributed by atoms with Gasteiger partial charge in [0.1, 0.15) is 5.75 Å². The van der Waals surface area contributed by atoms with Gasteiger partial charge in [0.15, 0.2) is 4.96 Å². The number of rotatable bonds is 6. The van der Waals surface area contributed by atoms with Crippen LogP contribution in [0.3, 0.4) is 0 Å². The number of halogens is 2. The lowest BCUT2D eigenvalue weighted by atomic mass is 10.1. The molecule has 6 nitrogen and oxygen atoms in total. The predicted octanol–water partition coefficient (Wildman–Crippen LogP) is 3.08. The lowest BCUT2D eigenvalue weighted by Gasteiger charge is -2.06. The number of nitrogens with zero attached hydrogens (tertiary/aromatic N) is 3. The molecular weight excluding hydrogens is 350 g/mol. The smallest absolute Gasteiger partial charge is 0.387 e. The Morgan fingerprint density at radius 2 is 2.16 bits per heavy atom. The number of amides is 1. The highest BCUT2D eigenvalue weighted by atomic mass is 32.1. The Hall–Kier alpha value is -2.81. The first-order valence-corrected chi connectivity index (χ1v) is 8.18. The molecule has 3 aromatic rings. The largest absolute Gasteiger partial charge is 0.435 e. The van der Waals surface area contributed by atoms with Crippen LogP contribution < -0.4 is 10.2 Å². The van der Waals surface area contributed by atoms with Crippen LogP contribution in [-0.4, -0.2) is 27.6 Å². The number of nitrogens with one attached hydrogen (secondary N) is 1. The van der Waals surface area contributed by atoms with Crippen molar-refractivity contribution in [3.8, 4) is 5.75 Å². The van der Waals surface area contributed by atoms with Gasteiger partial charge in [0.2, 0.25) is 5.91 Å². The molecule has 3 rings (SSSR count). The maximum absolute atomic E-state index is 12.1. The Kier molecular flexibility index (Phi) is 5.03. The molecule has 1 N–H and O–H groups in total. The van der Waals surface area contributed by atoms with Crippen LogP contribution in [0.2, 0.25) is 0 Å². The van der Waals surface area contributed by atoms with Crippen molar-refractivity contribution < 1.29 is 18.3 Å². The molecule has 0 radical (unpaired) electrons. The SMILES string of the molecule is C/C(=N\NC(=O)Cc1cn2ccsc2n1)c1ccc(OC(F)F)cc1. The van der Waals surface area contributed by atoms with Crippen molar-refractivity contribution in [3.05, 3.63) is 53.3 Å². The van der Waals surface area contributed by atoms with Gasteiger partial charge in [-0.1, -0.05) is 0 Å². The van der Waals surface area contributed by atoms with Crippen molar-refractivity contribution in [2.24, 2.45) is 5.10 Å². The zero-order valence-electron chi connectivity index (χ0n) is 13.1. The van der Waals surface area contributed by atoms with Crippen LogP contribution in [0.15, 0.2) is 47.1 Å². The molecule has 1 amide bonds. The molecular formula is C16H14F2N4O2S. The standard InChI is InChI=1S/C16H14F2N4O2S/c1-10(11-2-4-13(5-3-11)24-15(17)18)20-21-14(23)8-12-9-22-6-7-25-16(22)19-12/h2-7,9,15H,8H2,1H3,(H,21,23)/b20-10+. The van der Waals surface area contributed by atoms with Gasteiger partial charge in [-0.3, -0.25) is 9.20 Å². The Labute approximate surface area is 145 Å². The third kappa shape index (κ3) is 4.38. The fourth-order valence-electron chi connectivity index (χ4n) is 2.15. The third-order valence-electron chi connectivity index (χ3n) is 3.33. The summed E-state index contributed by atoms with van der Waals surface area (Å²) < 4.78 is 30.4. The summed E-state index contributed by atoms with van der Waals surface area (Å²) >= 11 is 1.49. The van der Waals surface area contributed by atoms with Gasteiger partial charge >= 0.3 is 6.61 Å². The number of hydrazone groups is 1. The van der Waals surface area contributed by atoms with Crippen LogP contribution in [0, 0.1) is 0 Å². The molecule has 0 unspecified atom stereocenters. The number of fused-ring (bicyclic) bond motifs is 1. The summed E-state index contributed by atoms with van der Waals surface area (Å²) in [5.41, 5.74) is 4.35. The van der Waals surface area contributed by atoms with E-state index in [1.807, 2.05) is 16.0 Å². The number of alkyl halides is 2. The topological polar surface area (TPSA) is 68.0 Å². The summed E-state index contributed by atoms with van der Waals surface area (Å²) in [6.07, 6.45) is 3.79. The van der Waals surface area contributed by atoms with Gasteiger partial charge < -0.3 is 4.74 Å².